The van der Waals surface area contributed by atoms with E-state index in [0.717, 1.165) is 17.0 Å². The average Bonchev–Trinajstić information content (AvgIpc) is 2.76. The average molecular weight is 275 g/mol. The Bertz CT molecular complexity index is 537. The summed E-state index contributed by atoms with van der Waals surface area (Å²) in [5, 5.41) is 12.4. The number of carbonyl (C=O) groups excluding carboxylic acids is 1. The molecule has 2 rings (SSSR count). The number of nitrogens with zero attached hydrogens (tertiary/aromatic N) is 2. The van der Waals surface area contributed by atoms with Crippen LogP contribution in [0.2, 0.25) is 0 Å². The van der Waals surface area contributed by atoms with E-state index in [1.807, 2.05) is 30.3 Å². The van der Waals surface area contributed by atoms with Crippen LogP contribution in [0.4, 0.5) is 5.13 Å². The highest BCUT2D eigenvalue weighted by Gasteiger charge is 2.09. The first-order valence-electron chi connectivity index (χ1n) is 6.29. The molecular formula is C14H17N3OS. The molecule has 19 heavy (non-hydrogen) atoms. The third-order valence-electron chi connectivity index (χ3n) is 2.50. The molecule has 100 valence electrons. The third kappa shape index (κ3) is 4.44. The fourth-order valence-corrected chi connectivity index (χ4v) is 2.65. The van der Waals surface area contributed by atoms with Crippen LogP contribution in [0.1, 0.15) is 24.4 Å². The van der Waals surface area contributed by atoms with Crippen LogP contribution in [0.25, 0.3) is 0 Å². The van der Waals surface area contributed by atoms with E-state index < -0.39 is 0 Å². The van der Waals surface area contributed by atoms with Crippen molar-refractivity contribution in [1.82, 2.24) is 10.2 Å². The largest absolute Gasteiger partial charge is 0.300 e. The molecule has 0 aliphatic heterocycles. The van der Waals surface area contributed by atoms with Crippen LogP contribution < -0.4 is 5.32 Å². The van der Waals surface area contributed by atoms with E-state index >= 15 is 0 Å². The number of hydrogen-bond acceptors (Lipinski definition) is 4. The zero-order chi connectivity index (χ0) is 13.7. The van der Waals surface area contributed by atoms with Gasteiger partial charge < -0.3 is 5.32 Å². The fraction of sp³-hybridized carbons (Fsp3) is 0.357. The number of nitrogens with one attached hydrogen (secondary N) is 1. The summed E-state index contributed by atoms with van der Waals surface area (Å²) < 4.78 is 0. The van der Waals surface area contributed by atoms with Gasteiger partial charge in [0.05, 0.1) is 6.42 Å². The van der Waals surface area contributed by atoms with Crippen molar-refractivity contribution in [3.8, 4) is 0 Å². The van der Waals surface area contributed by atoms with Gasteiger partial charge >= 0.3 is 0 Å². The van der Waals surface area contributed by atoms with Gasteiger partial charge in [-0.3, -0.25) is 4.79 Å². The normalized spacial score (nSPS) is 10.7. The number of aromatic nitrogens is 2. The Morgan fingerprint density at radius 3 is 2.68 bits per heavy atom. The van der Waals surface area contributed by atoms with Gasteiger partial charge in [-0.2, -0.15) is 0 Å². The van der Waals surface area contributed by atoms with Gasteiger partial charge in [0.15, 0.2) is 0 Å². The summed E-state index contributed by atoms with van der Waals surface area (Å²) in [6.45, 7) is 4.27. The molecule has 0 radical (unpaired) electrons. The van der Waals surface area contributed by atoms with Crippen LogP contribution in [0.5, 0.6) is 0 Å². The summed E-state index contributed by atoms with van der Waals surface area (Å²) in [5.74, 6) is 0.485. The quantitative estimate of drug-likeness (QED) is 0.912. The lowest BCUT2D eigenvalue weighted by Crippen LogP contribution is -2.14. The summed E-state index contributed by atoms with van der Waals surface area (Å²) in [6, 6.07) is 9.65. The van der Waals surface area contributed by atoms with Gasteiger partial charge in [0.2, 0.25) is 11.0 Å². The summed E-state index contributed by atoms with van der Waals surface area (Å²) in [7, 11) is 0. The van der Waals surface area contributed by atoms with Crippen LogP contribution in [0, 0.1) is 5.92 Å². The lowest BCUT2D eigenvalue weighted by Gasteiger charge is -2.01. The van der Waals surface area contributed by atoms with Gasteiger partial charge in [0.25, 0.3) is 0 Å². The van der Waals surface area contributed by atoms with Crippen molar-refractivity contribution in [3.63, 3.8) is 0 Å². The molecule has 1 N–H and O–H groups in total. The maximum Gasteiger partial charge on any atom is 0.230 e. The molecule has 1 aromatic heterocycles. The molecular weight excluding hydrogens is 258 g/mol. The molecule has 0 bridgehead atoms. The van der Waals surface area contributed by atoms with Crippen LogP contribution in [0.3, 0.4) is 0 Å². The van der Waals surface area contributed by atoms with E-state index in [1.54, 1.807) is 0 Å². The number of amides is 1. The highest BCUT2D eigenvalue weighted by Crippen LogP contribution is 2.18. The lowest BCUT2D eigenvalue weighted by molar-refractivity contribution is -0.115. The van der Waals surface area contributed by atoms with E-state index in [2.05, 4.69) is 29.4 Å². The molecule has 5 heteroatoms. The minimum atomic E-state index is -0.0570. The zero-order valence-electron chi connectivity index (χ0n) is 11.1. The Morgan fingerprint density at radius 1 is 1.26 bits per heavy atom. The van der Waals surface area contributed by atoms with Crippen molar-refractivity contribution in [2.24, 2.45) is 5.92 Å². The SMILES string of the molecule is CC(C)Cc1nnc(NC(=O)Cc2ccccc2)s1. The molecule has 0 aliphatic carbocycles. The molecule has 0 aliphatic rings. The number of benzene rings is 1. The lowest BCUT2D eigenvalue weighted by atomic mass is 10.1. The first kappa shape index (κ1) is 13.7. The van der Waals surface area contributed by atoms with E-state index in [-0.39, 0.29) is 5.91 Å². The molecule has 0 spiro atoms. The van der Waals surface area contributed by atoms with E-state index in [0.29, 0.717) is 17.5 Å². The predicted molar refractivity (Wildman–Crippen MR) is 77.2 cm³/mol. The smallest absolute Gasteiger partial charge is 0.230 e. The molecule has 1 aromatic carbocycles. The molecule has 0 atom stereocenters. The summed E-state index contributed by atoms with van der Waals surface area (Å²) in [4.78, 5) is 11.8. The zero-order valence-corrected chi connectivity index (χ0v) is 11.9. The second-order valence-electron chi connectivity index (χ2n) is 4.81. The number of carbonyl (C=O) groups is 1. The Kier molecular flexibility index (Phi) is 4.63. The highest BCUT2D eigenvalue weighted by atomic mass is 32.1. The molecule has 4 nitrogen and oxygen atoms in total. The van der Waals surface area contributed by atoms with Crippen molar-refractivity contribution >= 4 is 22.4 Å². The summed E-state index contributed by atoms with van der Waals surface area (Å²) in [6.07, 6.45) is 1.26. The van der Waals surface area contributed by atoms with Gasteiger partial charge in [-0.15, -0.1) is 10.2 Å². The minimum absolute atomic E-state index is 0.0570. The maximum absolute atomic E-state index is 11.8. The van der Waals surface area contributed by atoms with Gasteiger partial charge in [-0.05, 0) is 11.5 Å². The van der Waals surface area contributed by atoms with Crippen molar-refractivity contribution in [3.05, 3.63) is 40.9 Å². The summed E-state index contributed by atoms with van der Waals surface area (Å²) >= 11 is 1.45. The third-order valence-corrected chi connectivity index (χ3v) is 3.36. The van der Waals surface area contributed by atoms with Crippen molar-refractivity contribution in [2.45, 2.75) is 26.7 Å². The topological polar surface area (TPSA) is 54.9 Å². The van der Waals surface area contributed by atoms with Crippen molar-refractivity contribution in [2.75, 3.05) is 5.32 Å². The van der Waals surface area contributed by atoms with Crippen LogP contribution >= 0.6 is 11.3 Å². The first-order chi connectivity index (χ1) is 9.13. The summed E-state index contributed by atoms with van der Waals surface area (Å²) in [5.41, 5.74) is 0.993. The maximum atomic E-state index is 11.8. The second-order valence-corrected chi connectivity index (χ2v) is 5.87. The standard InChI is InChI=1S/C14H17N3OS/c1-10(2)8-13-16-17-14(19-13)15-12(18)9-11-6-4-3-5-7-11/h3-7,10H,8-9H2,1-2H3,(H,15,17,18). The molecule has 0 fully saturated rings. The molecule has 0 saturated heterocycles. The van der Waals surface area contributed by atoms with Gasteiger partial charge in [-0.1, -0.05) is 55.5 Å². The number of hydrogen-bond donors (Lipinski definition) is 1. The Labute approximate surface area is 116 Å². The first-order valence-corrected chi connectivity index (χ1v) is 7.11. The van der Waals surface area contributed by atoms with Crippen molar-refractivity contribution in [1.29, 1.82) is 0 Å². The Hall–Kier alpha value is -1.75. The second kappa shape index (κ2) is 6.43. The number of rotatable bonds is 5. The molecule has 2 aromatic rings. The monoisotopic (exact) mass is 275 g/mol. The van der Waals surface area contributed by atoms with E-state index in [9.17, 15) is 4.79 Å². The molecule has 1 amide bonds. The van der Waals surface area contributed by atoms with Gasteiger partial charge in [0, 0.05) is 6.42 Å². The number of anilines is 1. The van der Waals surface area contributed by atoms with E-state index in [4.69, 9.17) is 0 Å². The molecule has 0 unspecified atom stereocenters. The van der Waals surface area contributed by atoms with Crippen LogP contribution in [-0.2, 0) is 17.6 Å². The van der Waals surface area contributed by atoms with Crippen LogP contribution in [-0.4, -0.2) is 16.1 Å². The van der Waals surface area contributed by atoms with Crippen molar-refractivity contribution < 1.29 is 4.79 Å². The van der Waals surface area contributed by atoms with Crippen LogP contribution in [0.15, 0.2) is 30.3 Å². The predicted octanol–water partition coefficient (Wildman–Crippen LogP) is 2.92. The minimum Gasteiger partial charge on any atom is -0.300 e. The fourth-order valence-electron chi connectivity index (χ4n) is 1.68. The van der Waals surface area contributed by atoms with E-state index in [1.165, 1.54) is 11.3 Å². The Balaban J connectivity index is 1.90. The van der Waals surface area contributed by atoms with Gasteiger partial charge in [0.1, 0.15) is 5.01 Å². The molecule has 0 saturated carbocycles. The van der Waals surface area contributed by atoms with Gasteiger partial charge in [-0.25, -0.2) is 0 Å². The molecule has 1 heterocycles. The highest BCUT2D eigenvalue weighted by molar-refractivity contribution is 7.15. The Morgan fingerprint density at radius 2 is 2.00 bits per heavy atom.